The van der Waals surface area contributed by atoms with Crippen LogP contribution in [0.4, 0.5) is 0 Å². The Morgan fingerprint density at radius 3 is 2.27 bits per heavy atom. The molecule has 0 aromatic heterocycles. The van der Waals surface area contributed by atoms with E-state index in [1.54, 1.807) is 0 Å². The topological polar surface area (TPSA) is 135 Å². The van der Waals surface area contributed by atoms with E-state index in [4.69, 9.17) is 20.6 Å². The average molecular weight is 372 g/mol. The van der Waals surface area contributed by atoms with Crippen LogP contribution in [0.25, 0.3) is 0 Å². The fourth-order valence-electron chi connectivity index (χ4n) is 1.64. The van der Waals surface area contributed by atoms with Gasteiger partial charge in [-0.05, 0) is 6.08 Å². The van der Waals surface area contributed by atoms with E-state index in [-0.39, 0.29) is 43.8 Å². The van der Waals surface area contributed by atoms with Gasteiger partial charge in [-0.15, -0.1) is 0 Å². The van der Waals surface area contributed by atoms with Gasteiger partial charge in [0.15, 0.2) is 0 Å². The van der Waals surface area contributed by atoms with Crippen molar-refractivity contribution in [2.75, 3.05) is 39.5 Å². The molecule has 26 heavy (non-hydrogen) atoms. The molecule has 0 spiro atoms. The van der Waals surface area contributed by atoms with Crippen LogP contribution in [-0.4, -0.2) is 68.0 Å². The quantitative estimate of drug-likeness (QED) is 0.452. The zero-order valence-corrected chi connectivity index (χ0v) is 16.2. The highest BCUT2D eigenvalue weighted by atomic mass is 16.5. The number of rotatable bonds is 11. The molecule has 4 N–H and O–H groups in total. The maximum absolute atomic E-state index is 11.6. The fraction of sp³-hybridized carbons (Fsp3) is 0.647. The summed E-state index contributed by atoms with van der Waals surface area (Å²) in [5, 5.41) is 10.1. The Kier molecular flexibility index (Phi) is 17.5. The molecule has 0 aromatic rings. The van der Waals surface area contributed by atoms with Crippen molar-refractivity contribution in [1.82, 2.24) is 10.2 Å². The monoisotopic (exact) mass is 372 g/mol. The van der Waals surface area contributed by atoms with E-state index in [0.717, 1.165) is 0 Å². The second-order valence-electron chi connectivity index (χ2n) is 4.44. The summed E-state index contributed by atoms with van der Waals surface area (Å²) in [5.41, 5.74) is 4.89. The summed E-state index contributed by atoms with van der Waals surface area (Å²) in [6, 6.07) is 0. The number of carbonyl (C=O) groups excluding carboxylic acids is 3. The van der Waals surface area contributed by atoms with Gasteiger partial charge >= 0.3 is 0 Å². The Bertz CT molecular complexity index is 448. The maximum atomic E-state index is 11.6. The number of nitrogens with two attached hydrogens (primary N) is 1. The van der Waals surface area contributed by atoms with Crippen LogP contribution in [0.3, 0.4) is 0 Å². The minimum Gasteiger partial charge on any atom is -0.377 e. The van der Waals surface area contributed by atoms with Gasteiger partial charge in [0.1, 0.15) is 12.4 Å². The SMILES string of the molecule is CC.CC.N=C1C=CC(=O)N1CCC(=O)NCCOCCOCC(N)=O. The lowest BCUT2D eigenvalue weighted by molar-refractivity contribution is -0.125. The first kappa shape index (κ1) is 26.0. The van der Waals surface area contributed by atoms with Crippen molar-refractivity contribution >= 4 is 23.6 Å². The number of hydrogen-bond donors (Lipinski definition) is 3. The highest BCUT2D eigenvalue weighted by Gasteiger charge is 2.20. The normalized spacial score (nSPS) is 12.1. The van der Waals surface area contributed by atoms with Crippen LogP contribution in [0, 0.1) is 5.41 Å². The number of carbonyl (C=O) groups is 3. The van der Waals surface area contributed by atoms with Crippen molar-refractivity contribution in [2.24, 2.45) is 5.73 Å². The molecule has 1 heterocycles. The Labute approximate surface area is 155 Å². The first-order valence-electron chi connectivity index (χ1n) is 8.79. The molecule has 3 amide bonds. The predicted molar refractivity (Wildman–Crippen MR) is 99.7 cm³/mol. The van der Waals surface area contributed by atoms with E-state index in [9.17, 15) is 14.4 Å². The molecule has 0 unspecified atom stereocenters. The molecule has 1 rings (SSSR count). The maximum Gasteiger partial charge on any atom is 0.252 e. The second-order valence-corrected chi connectivity index (χ2v) is 4.44. The van der Waals surface area contributed by atoms with E-state index in [2.05, 4.69) is 5.32 Å². The standard InChI is InChI=1S/C13H20N4O5.2C2H6/c14-10-1-2-13(20)17(10)5-3-12(19)16-4-6-21-7-8-22-9-11(15)18;2*1-2/h1-2,14H,3-9H2,(H2,15,18)(H,16,19);2*1-2H3. The van der Waals surface area contributed by atoms with Crippen LogP contribution >= 0.6 is 0 Å². The van der Waals surface area contributed by atoms with E-state index in [0.29, 0.717) is 19.8 Å². The van der Waals surface area contributed by atoms with E-state index >= 15 is 0 Å². The van der Waals surface area contributed by atoms with Gasteiger partial charge in [0, 0.05) is 25.6 Å². The Balaban J connectivity index is 0. The first-order valence-corrected chi connectivity index (χ1v) is 8.79. The van der Waals surface area contributed by atoms with Crippen molar-refractivity contribution < 1.29 is 23.9 Å². The summed E-state index contributed by atoms with van der Waals surface area (Å²) in [7, 11) is 0. The smallest absolute Gasteiger partial charge is 0.252 e. The molecule has 150 valence electrons. The van der Waals surface area contributed by atoms with Crippen molar-refractivity contribution in [1.29, 1.82) is 5.41 Å². The van der Waals surface area contributed by atoms with Gasteiger partial charge in [0.25, 0.3) is 5.91 Å². The third-order valence-corrected chi connectivity index (χ3v) is 2.69. The number of ether oxygens (including phenoxy) is 2. The van der Waals surface area contributed by atoms with Crippen LogP contribution in [0.2, 0.25) is 0 Å². The van der Waals surface area contributed by atoms with Gasteiger partial charge in [-0.3, -0.25) is 24.7 Å². The minimum absolute atomic E-state index is 0.0945. The van der Waals surface area contributed by atoms with Crippen LogP contribution in [0.1, 0.15) is 34.1 Å². The van der Waals surface area contributed by atoms with Gasteiger partial charge in [0.2, 0.25) is 11.8 Å². The molecule has 1 aliphatic heterocycles. The summed E-state index contributed by atoms with van der Waals surface area (Å²) in [5.74, 6) is -0.942. The summed E-state index contributed by atoms with van der Waals surface area (Å²) in [6.07, 6.45) is 2.82. The minimum atomic E-state index is -0.535. The fourth-order valence-corrected chi connectivity index (χ4v) is 1.64. The number of primary amides is 1. The van der Waals surface area contributed by atoms with Crippen molar-refractivity contribution in [3.63, 3.8) is 0 Å². The Hall–Kier alpha value is -2.26. The van der Waals surface area contributed by atoms with E-state index < -0.39 is 5.91 Å². The zero-order chi connectivity index (χ0) is 20.4. The number of hydrogen-bond acceptors (Lipinski definition) is 6. The molecule has 1 aliphatic rings. The highest BCUT2D eigenvalue weighted by Crippen LogP contribution is 2.04. The lowest BCUT2D eigenvalue weighted by Crippen LogP contribution is -2.35. The summed E-state index contributed by atoms with van der Waals surface area (Å²) in [6.45, 7) is 9.23. The molecule has 9 heteroatoms. The van der Waals surface area contributed by atoms with E-state index in [1.165, 1.54) is 17.1 Å². The molecular weight excluding hydrogens is 340 g/mol. The lowest BCUT2D eigenvalue weighted by Gasteiger charge is -2.15. The van der Waals surface area contributed by atoms with Gasteiger partial charge in [-0.2, -0.15) is 0 Å². The van der Waals surface area contributed by atoms with Crippen molar-refractivity contribution in [3.05, 3.63) is 12.2 Å². The molecule has 0 atom stereocenters. The molecule has 0 saturated heterocycles. The van der Waals surface area contributed by atoms with Gasteiger partial charge < -0.3 is 20.5 Å². The summed E-state index contributed by atoms with van der Waals surface area (Å²) < 4.78 is 10.1. The molecular formula is C17H32N4O5. The molecule has 0 aliphatic carbocycles. The van der Waals surface area contributed by atoms with Crippen molar-refractivity contribution in [2.45, 2.75) is 34.1 Å². The Morgan fingerprint density at radius 2 is 1.73 bits per heavy atom. The summed E-state index contributed by atoms with van der Waals surface area (Å²) in [4.78, 5) is 34.5. The van der Waals surface area contributed by atoms with Gasteiger partial charge in [0.05, 0.1) is 19.8 Å². The van der Waals surface area contributed by atoms with E-state index in [1.807, 2.05) is 27.7 Å². The van der Waals surface area contributed by atoms with Crippen LogP contribution < -0.4 is 11.1 Å². The highest BCUT2D eigenvalue weighted by molar-refractivity contribution is 6.14. The predicted octanol–water partition coefficient (Wildman–Crippen LogP) is 0.439. The second kappa shape index (κ2) is 17.6. The molecule has 0 saturated carbocycles. The van der Waals surface area contributed by atoms with Crippen molar-refractivity contribution in [3.8, 4) is 0 Å². The Morgan fingerprint density at radius 1 is 1.12 bits per heavy atom. The van der Waals surface area contributed by atoms with Crippen LogP contribution in [0.5, 0.6) is 0 Å². The molecule has 9 nitrogen and oxygen atoms in total. The largest absolute Gasteiger partial charge is 0.377 e. The number of amidine groups is 1. The molecule has 0 fully saturated rings. The lowest BCUT2D eigenvalue weighted by atomic mass is 10.3. The summed E-state index contributed by atoms with van der Waals surface area (Å²) >= 11 is 0. The van der Waals surface area contributed by atoms with Crippen LogP contribution in [-0.2, 0) is 23.9 Å². The third-order valence-electron chi connectivity index (χ3n) is 2.69. The number of amides is 3. The third kappa shape index (κ3) is 13.1. The zero-order valence-electron chi connectivity index (χ0n) is 16.2. The number of nitrogens with one attached hydrogen (secondary N) is 2. The average Bonchev–Trinajstić information content (AvgIpc) is 2.96. The number of nitrogens with zero attached hydrogens (tertiary/aromatic N) is 1. The first-order chi connectivity index (χ1) is 12.5. The molecule has 0 radical (unpaired) electrons. The van der Waals surface area contributed by atoms with Crippen LogP contribution in [0.15, 0.2) is 12.2 Å². The van der Waals surface area contributed by atoms with Gasteiger partial charge in [-0.1, -0.05) is 27.7 Å². The van der Waals surface area contributed by atoms with Gasteiger partial charge in [-0.25, -0.2) is 0 Å². The molecule has 0 aromatic carbocycles. The molecule has 0 bridgehead atoms.